The van der Waals surface area contributed by atoms with Crippen LogP contribution < -0.4 is 5.32 Å². The molecule has 128 valence electrons. The van der Waals surface area contributed by atoms with Crippen molar-refractivity contribution < 1.29 is 14.7 Å². The molecule has 0 aliphatic carbocycles. The van der Waals surface area contributed by atoms with Gasteiger partial charge in [0.1, 0.15) is 0 Å². The van der Waals surface area contributed by atoms with Crippen LogP contribution >= 0.6 is 0 Å². The molecule has 3 unspecified atom stereocenters. The van der Waals surface area contributed by atoms with Gasteiger partial charge in [-0.25, -0.2) is 0 Å². The normalized spacial score (nSPS) is 24.0. The molecule has 1 heterocycles. The molecule has 22 heavy (non-hydrogen) atoms. The number of rotatable bonds is 5. The van der Waals surface area contributed by atoms with Gasteiger partial charge in [-0.15, -0.1) is 0 Å². The number of piperidine rings is 1. The second-order valence-electron chi connectivity index (χ2n) is 7.44. The molecule has 3 atom stereocenters. The number of hydrogen-bond donors (Lipinski definition) is 2. The Kier molecular flexibility index (Phi) is 6.85. The van der Waals surface area contributed by atoms with Gasteiger partial charge in [0.25, 0.3) is 0 Å². The van der Waals surface area contributed by atoms with E-state index in [1.165, 1.54) is 0 Å². The van der Waals surface area contributed by atoms with Gasteiger partial charge in [-0.2, -0.15) is 0 Å². The van der Waals surface area contributed by atoms with E-state index in [1.807, 2.05) is 39.5 Å². The first-order chi connectivity index (χ1) is 10.2. The number of aliphatic hydroxyl groups is 1. The lowest BCUT2D eigenvalue weighted by molar-refractivity contribution is -0.137. The van der Waals surface area contributed by atoms with E-state index >= 15 is 0 Å². The molecule has 0 aromatic heterocycles. The van der Waals surface area contributed by atoms with Crippen molar-refractivity contribution in [3.63, 3.8) is 0 Å². The highest BCUT2D eigenvalue weighted by atomic mass is 16.3. The molecule has 0 radical (unpaired) electrons. The summed E-state index contributed by atoms with van der Waals surface area (Å²) in [6.07, 6.45) is 2.31. The molecule has 1 rings (SSSR count). The molecule has 1 saturated heterocycles. The fraction of sp³-hybridized carbons (Fsp3) is 0.882. The monoisotopic (exact) mass is 312 g/mol. The highest BCUT2D eigenvalue weighted by Gasteiger charge is 2.34. The summed E-state index contributed by atoms with van der Waals surface area (Å²) in [5.74, 6) is 0.141. The number of nitrogens with one attached hydrogen (secondary N) is 1. The Morgan fingerprint density at radius 1 is 1.27 bits per heavy atom. The zero-order chi connectivity index (χ0) is 16.9. The van der Waals surface area contributed by atoms with Gasteiger partial charge in [-0.05, 0) is 19.3 Å². The van der Waals surface area contributed by atoms with Gasteiger partial charge >= 0.3 is 0 Å². The van der Waals surface area contributed by atoms with Gasteiger partial charge in [-0.3, -0.25) is 9.59 Å². The molecule has 0 saturated carbocycles. The molecule has 0 spiro atoms. The van der Waals surface area contributed by atoms with Crippen molar-refractivity contribution in [2.24, 2.45) is 11.3 Å². The summed E-state index contributed by atoms with van der Waals surface area (Å²) in [6.45, 7) is 10.7. The molecule has 5 heteroatoms. The van der Waals surface area contributed by atoms with Crippen molar-refractivity contribution in [1.82, 2.24) is 10.2 Å². The van der Waals surface area contributed by atoms with Crippen LogP contribution in [0.15, 0.2) is 0 Å². The van der Waals surface area contributed by atoms with Crippen LogP contribution in [0.5, 0.6) is 0 Å². The van der Waals surface area contributed by atoms with Crippen molar-refractivity contribution in [2.45, 2.75) is 72.4 Å². The zero-order valence-corrected chi connectivity index (χ0v) is 14.7. The summed E-state index contributed by atoms with van der Waals surface area (Å²) in [4.78, 5) is 26.2. The number of aliphatic hydroxyl groups excluding tert-OH is 1. The van der Waals surface area contributed by atoms with Gasteiger partial charge in [0, 0.05) is 36.9 Å². The maximum Gasteiger partial charge on any atom is 0.225 e. The lowest BCUT2D eigenvalue weighted by Gasteiger charge is -2.40. The van der Waals surface area contributed by atoms with E-state index in [0.29, 0.717) is 25.9 Å². The van der Waals surface area contributed by atoms with E-state index in [1.54, 1.807) is 0 Å². The Hall–Kier alpha value is -1.10. The highest BCUT2D eigenvalue weighted by molar-refractivity contribution is 5.82. The summed E-state index contributed by atoms with van der Waals surface area (Å²) in [5, 5.41) is 13.2. The van der Waals surface area contributed by atoms with Crippen molar-refractivity contribution in [2.75, 3.05) is 13.1 Å². The standard InChI is InChI=1S/C17H32N2O3/c1-6-8-15(21)19-10-12(14(20)7-2)9-13(11-19)18-16(22)17(3,4)5/h12-14,20H,6-11H2,1-5H3,(H,18,22). The molecule has 1 aliphatic heterocycles. The van der Waals surface area contributed by atoms with Crippen molar-refractivity contribution in [1.29, 1.82) is 0 Å². The smallest absolute Gasteiger partial charge is 0.225 e. The van der Waals surface area contributed by atoms with Gasteiger partial charge in [0.2, 0.25) is 11.8 Å². The molecule has 0 bridgehead atoms. The third-order valence-corrected chi connectivity index (χ3v) is 4.28. The van der Waals surface area contributed by atoms with E-state index in [0.717, 1.165) is 12.8 Å². The minimum atomic E-state index is -0.450. The minimum Gasteiger partial charge on any atom is -0.393 e. The van der Waals surface area contributed by atoms with Crippen molar-refractivity contribution >= 4 is 11.8 Å². The highest BCUT2D eigenvalue weighted by Crippen LogP contribution is 2.24. The number of amides is 2. The average molecular weight is 312 g/mol. The van der Waals surface area contributed by atoms with Gasteiger partial charge < -0.3 is 15.3 Å². The van der Waals surface area contributed by atoms with Crippen LogP contribution in [0.2, 0.25) is 0 Å². The Bertz CT molecular complexity index is 390. The summed E-state index contributed by atoms with van der Waals surface area (Å²) >= 11 is 0. The molecule has 2 amide bonds. The number of likely N-dealkylation sites (tertiary alicyclic amines) is 1. The van der Waals surface area contributed by atoms with Gasteiger partial charge in [0.15, 0.2) is 0 Å². The van der Waals surface area contributed by atoms with Crippen molar-refractivity contribution in [3.8, 4) is 0 Å². The first kappa shape index (κ1) is 18.9. The van der Waals surface area contributed by atoms with Crippen LogP contribution in [0.1, 0.15) is 60.3 Å². The molecular weight excluding hydrogens is 280 g/mol. The first-order valence-corrected chi connectivity index (χ1v) is 8.45. The van der Waals surface area contributed by atoms with Crippen molar-refractivity contribution in [3.05, 3.63) is 0 Å². The average Bonchev–Trinajstić information content (AvgIpc) is 2.45. The van der Waals surface area contributed by atoms with E-state index in [2.05, 4.69) is 5.32 Å². The first-order valence-electron chi connectivity index (χ1n) is 8.45. The summed E-state index contributed by atoms with van der Waals surface area (Å²) in [6, 6.07) is -0.0764. The second-order valence-corrected chi connectivity index (χ2v) is 7.44. The number of carbonyl (C=O) groups is 2. The van der Waals surface area contributed by atoms with Crippen LogP contribution in [0, 0.1) is 11.3 Å². The fourth-order valence-electron chi connectivity index (χ4n) is 2.83. The van der Waals surface area contributed by atoms with Crippen LogP contribution in [-0.2, 0) is 9.59 Å². The summed E-state index contributed by atoms with van der Waals surface area (Å²) in [7, 11) is 0. The topological polar surface area (TPSA) is 69.6 Å². The Labute approximate surface area is 134 Å². The lowest BCUT2D eigenvalue weighted by atomic mass is 9.87. The van der Waals surface area contributed by atoms with Crippen LogP contribution in [0.4, 0.5) is 0 Å². The van der Waals surface area contributed by atoms with E-state index in [-0.39, 0.29) is 23.8 Å². The Balaban J connectivity index is 2.79. The lowest BCUT2D eigenvalue weighted by Crippen LogP contribution is -2.55. The number of carbonyl (C=O) groups excluding carboxylic acids is 2. The molecule has 0 aromatic rings. The minimum absolute atomic E-state index is 0.00738. The summed E-state index contributed by atoms with van der Waals surface area (Å²) in [5.41, 5.74) is -0.450. The third kappa shape index (κ3) is 5.27. The van der Waals surface area contributed by atoms with Gasteiger partial charge in [0.05, 0.1) is 6.10 Å². The predicted octanol–water partition coefficient (Wildman–Crippen LogP) is 1.94. The summed E-state index contributed by atoms with van der Waals surface area (Å²) < 4.78 is 0. The predicted molar refractivity (Wildman–Crippen MR) is 87.3 cm³/mol. The quantitative estimate of drug-likeness (QED) is 0.815. The number of hydrogen-bond acceptors (Lipinski definition) is 3. The Morgan fingerprint density at radius 3 is 2.41 bits per heavy atom. The molecule has 2 N–H and O–H groups in total. The largest absolute Gasteiger partial charge is 0.393 e. The molecule has 1 aliphatic rings. The van der Waals surface area contributed by atoms with Gasteiger partial charge in [-0.1, -0.05) is 34.6 Å². The molecular formula is C17H32N2O3. The van der Waals surface area contributed by atoms with Crippen LogP contribution in [0.25, 0.3) is 0 Å². The SMILES string of the molecule is CCCC(=O)N1CC(NC(=O)C(C)(C)C)CC(C(O)CC)C1. The fourth-order valence-corrected chi connectivity index (χ4v) is 2.83. The van der Waals surface area contributed by atoms with E-state index in [9.17, 15) is 14.7 Å². The van der Waals surface area contributed by atoms with Crippen LogP contribution in [0.3, 0.4) is 0 Å². The van der Waals surface area contributed by atoms with E-state index < -0.39 is 11.5 Å². The Morgan fingerprint density at radius 2 is 1.91 bits per heavy atom. The maximum atomic E-state index is 12.2. The molecule has 5 nitrogen and oxygen atoms in total. The molecule has 1 fully saturated rings. The zero-order valence-electron chi connectivity index (χ0n) is 14.7. The third-order valence-electron chi connectivity index (χ3n) is 4.28. The number of nitrogens with zero attached hydrogens (tertiary/aromatic N) is 1. The maximum absolute atomic E-state index is 12.2. The molecule has 0 aromatic carbocycles. The van der Waals surface area contributed by atoms with Crippen LogP contribution in [-0.4, -0.2) is 47.1 Å². The van der Waals surface area contributed by atoms with E-state index in [4.69, 9.17) is 0 Å². The second kappa shape index (κ2) is 7.95.